The van der Waals surface area contributed by atoms with E-state index in [0.29, 0.717) is 22.8 Å². The van der Waals surface area contributed by atoms with E-state index in [-0.39, 0.29) is 12.4 Å². The molecule has 0 saturated heterocycles. The zero-order valence-electron chi connectivity index (χ0n) is 13.6. The Balaban J connectivity index is 1.72. The van der Waals surface area contributed by atoms with Crippen LogP contribution in [0.4, 0.5) is 0 Å². The molecule has 0 amide bonds. The quantitative estimate of drug-likeness (QED) is 0.634. The van der Waals surface area contributed by atoms with Crippen molar-refractivity contribution in [3.8, 4) is 17.9 Å². The van der Waals surface area contributed by atoms with Gasteiger partial charge in [0.15, 0.2) is 11.7 Å². The third-order valence-electron chi connectivity index (χ3n) is 3.66. The maximum Gasteiger partial charge on any atom is 0.221 e. The zero-order valence-corrected chi connectivity index (χ0v) is 13.6. The molecule has 0 aliphatic rings. The second kappa shape index (κ2) is 7.78. The van der Waals surface area contributed by atoms with Gasteiger partial charge in [0, 0.05) is 6.20 Å². The maximum atomic E-state index is 12.5. The predicted molar refractivity (Wildman–Crippen MR) is 91.1 cm³/mol. The summed E-state index contributed by atoms with van der Waals surface area (Å²) in [4.78, 5) is 16.6. The van der Waals surface area contributed by atoms with Crippen LogP contribution in [-0.2, 0) is 6.61 Å². The van der Waals surface area contributed by atoms with Crippen LogP contribution in [0, 0.1) is 22.7 Å². The van der Waals surface area contributed by atoms with E-state index in [0.717, 1.165) is 0 Å². The van der Waals surface area contributed by atoms with E-state index in [1.54, 1.807) is 48.5 Å². The van der Waals surface area contributed by atoms with E-state index in [9.17, 15) is 10.1 Å². The SMILES string of the molecule is N#Cc1ccccc1OCc1ccc(C(=O)C(C#N)c2ccccn2)o1. The Morgan fingerprint density at radius 2 is 1.92 bits per heavy atom. The molecule has 0 radical (unpaired) electrons. The summed E-state index contributed by atoms with van der Waals surface area (Å²) in [5.41, 5.74) is 0.784. The molecule has 126 valence electrons. The molecule has 1 unspecified atom stereocenters. The van der Waals surface area contributed by atoms with Crippen molar-refractivity contribution in [1.82, 2.24) is 4.98 Å². The van der Waals surface area contributed by atoms with Crippen molar-refractivity contribution < 1.29 is 13.9 Å². The van der Waals surface area contributed by atoms with E-state index in [2.05, 4.69) is 4.98 Å². The van der Waals surface area contributed by atoms with E-state index in [4.69, 9.17) is 14.4 Å². The molecule has 3 aromatic rings. The van der Waals surface area contributed by atoms with E-state index in [1.165, 1.54) is 12.3 Å². The lowest BCUT2D eigenvalue weighted by molar-refractivity contribution is 0.0946. The molecule has 0 saturated carbocycles. The largest absolute Gasteiger partial charge is 0.484 e. The molecule has 6 nitrogen and oxygen atoms in total. The van der Waals surface area contributed by atoms with Crippen LogP contribution < -0.4 is 4.74 Å². The van der Waals surface area contributed by atoms with Crippen LogP contribution in [0.15, 0.2) is 65.2 Å². The Morgan fingerprint density at radius 1 is 1.12 bits per heavy atom. The van der Waals surface area contributed by atoms with Crippen LogP contribution in [0.3, 0.4) is 0 Å². The number of para-hydroxylation sites is 1. The fourth-order valence-electron chi connectivity index (χ4n) is 2.37. The lowest BCUT2D eigenvalue weighted by Gasteiger charge is -2.06. The number of hydrogen-bond donors (Lipinski definition) is 0. The Hall–Kier alpha value is -3.90. The molecular weight excluding hydrogens is 330 g/mol. The number of rotatable bonds is 6. The maximum absolute atomic E-state index is 12.5. The minimum absolute atomic E-state index is 0.0623. The van der Waals surface area contributed by atoms with Crippen LogP contribution in [0.25, 0.3) is 0 Å². The highest BCUT2D eigenvalue weighted by atomic mass is 16.5. The number of hydrogen-bond acceptors (Lipinski definition) is 6. The van der Waals surface area contributed by atoms with Crippen molar-refractivity contribution in [2.45, 2.75) is 12.5 Å². The molecule has 3 rings (SSSR count). The first-order chi connectivity index (χ1) is 12.7. The molecule has 26 heavy (non-hydrogen) atoms. The second-order valence-corrected chi connectivity index (χ2v) is 5.34. The van der Waals surface area contributed by atoms with Gasteiger partial charge in [-0.3, -0.25) is 9.78 Å². The second-order valence-electron chi connectivity index (χ2n) is 5.34. The summed E-state index contributed by atoms with van der Waals surface area (Å²) in [6.07, 6.45) is 1.53. The number of ether oxygens (including phenoxy) is 1. The Morgan fingerprint density at radius 3 is 2.65 bits per heavy atom. The summed E-state index contributed by atoms with van der Waals surface area (Å²) in [5, 5.41) is 18.4. The van der Waals surface area contributed by atoms with Crippen LogP contribution in [0.1, 0.15) is 33.5 Å². The summed E-state index contributed by atoms with van der Waals surface area (Å²) in [7, 11) is 0. The average molecular weight is 343 g/mol. The lowest BCUT2D eigenvalue weighted by atomic mass is 9.99. The van der Waals surface area contributed by atoms with Gasteiger partial charge in [-0.1, -0.05) is 18.2 Å². The van der Waals surface area contributed by atoms with Crippen molar-refractivity contribution in [1.29, 1.82) is 10.5 Å². The Labute approximate surface area is 149 Å². The Kier molecular flexibility index (Phi) is 5.07. The van der Waals surface area contributed by atoms with Gasteiger partial charge < -0.3 is 9.15 Å². The van der Waals surface area contributed by atoms with Crippen molar-refractivity contribution in [2.75, 3.05) is 0 Å². The summed E-state index contributed by atoms with van der Waals surface area (Å²) in [6.45, 7) is 0.0623. The van der Waals surface area contributed by atoms with Crippen molar-refractivity contribution in [2.24, 2.45) is 0 Å². The molecular formula is C20H13N3O3. The fourth-order valence-corrected chi connectivity index (χ4v) is 2.37. The summed E-state index contributed by atoms with van der Waals surface area (Å²) < 4.78 is 11.1. The van der Waals surface area contributed by atoms with Crippen LogP contribution in [0.5, 0.6) is 5.75 Å². The molecule has 0 spiro atoms. The highest BCUT2D eigenvalue weighted by Crippen LogP contribution is 2.22. The molecule has 0 N–H and O–H groups in total. The van der Waals surface area contributed by atoms with Gasteiger partial charge in [0.25, 0.3) is 0 Å². The number of furan rings is 1. The van der Waals surface area contributed by atoms with Gasteiger partial charge in [-0.25, -0.2) is 0 Å². The first-order valence-corrected chi connectivity index (χ1v) is 7.78. The lowest BCUT2D eigenvalue weighted by Crippen LogP contribution is -2.11. The molecule has 0 fully saturated rings. The highest BCUT2D eigenvalue weighted by Gasteiger charge is 2.25. The Bertz CT molecular complexity index is 997. The average Bonchev–Trinajstić information content (AvgIpc) is 3.17. The first kappa shape index (κ1) is 16.9. The molecule has 0 bridgehead atoms. The normalized spacial score (nSPS) is 11.2. The molecule has 2 heterocycles. The minimum atomic E-state index is -1.03. The zero-order chi connectivity index (χ0) is 18.4. The molecule has 0 aliphatic heterocycles. The molecule has 2 aromatic heterocycles. The van der Waals surface area contributed by atoms with Crippen molar-refractivity contribution in [3.63, 3.8) is 0 Å². The third kappa shape index (κ3) is 3.61. The molecule has 6 heteroatoms. The number of pyridine rings is 1. The predicted octanol–water partition coefficient (Wildman–Crippen LogP) is 3.62. The summed E-state index contributed by atoms with van der Waals surface area (Å²) >= 11 is 0. The van der Waals surface area contributed by atoms with Gasteiger partial charge in [0.05, 0.1) is 17.3 Å². The van der Waals surface area contributed by atoms with E-state index in [1.807, 2.05) is 12.1 Å². The van der Waals surface area contributed by atoms with Gasteiger partial charge in [-0.15, -0.1) is 0 Å². The molecule has 0 aliphatic carbocycles. The number of ketones is 1. The van der Waals surface area contributed by atoms with Crippen molar-refractivity contribution >= 4 is 5.78 Å². The van der Waals surface area contributed by atoms with Gasteiger partial charge in [0.1, 0.15) is 24.2 Å². The van der Waals surface area contributed by atoms with Crippen LogP contribution >= 0.6 is 0 Å². The van der Waals surface area contributed by atoms with E-state index >= 15 is 0 Å². The third-order valence-corrected chi connectivity index (χ3v) is 3.66. The molecule has 1 atom stereocenters. The number of aromatic nitrogens is 1. The molecule has 1 aromatic carbocycles. The number of benzene rings is 1. The monoisotopic (exact) mass is 343 g/mol. The van der Waals surface area contributed by atoms with Gasteiger partial charge in [-0.05, 0) is 36.4 Å². The summed E-state index contributed by atoms with van der Waals surface area (Å²) in [5.74, 6) is -0.582. The van der Waals surface area contributed by atoms with Gasteiger partial charge in [0.2, 0.25) is 5.78 Å². The fraction of sp³-hybridized carbons (Fsp3) is 0.100. The van der Waals surface area contributed by atoms with Crippen molar-refractivity contribution in [3.05, 3.63) is 83.6 Å². The van der Waals surface area contributed by atoms with E-state index < -0.39 is 11.7 Å². The topological polar surface area (TPSA) is 99.9 Å². The van der Waals surface area contributed by atoms with Crippen LogP contribution in [0.2, 0.25) is 0 Å². The number of nitriles is 2. The minimum Gasteiger partial charge on any atom is -0.484 e. The smallest absolute Gasteiger partial charge is 0.221 e. The number of Topliss-reactive ketones (excluding diaryl/α,β-unsaturated/α-hetero) is 1. The number of nitrogens with zero attached hydrogens (tertiary/aromatic N) is 3. The van der Waals surface area contributed by atoms with Gasteiger partial charge in [-0.2, -0.15) is 10.5 Å². The van der Waals surface area contributed by atoms with Crippen LogP contribution in [-0.4, -0.2) is 10.8 Å². The first-order valence-electron chi connectivity index (χ1n) is 7.78. The standard InChI is InChI=1S/C20H13N3O3/c21-11-14-5-1-2-7-18(14)25-13-15-8-9-19(26-15)20(24)16(12-22)17-6-3-4-10-23-17/h1-10,16H,13H2. The summed E-state index contributed by atoms with van der Waals surface area (Å²) in [6, 6.07) is 19.0. The number of carbonyl (C=O) groups excluding carboxylic acids is 1. The van der Waals surface area contributed by atoms with Gasteiger partial charge >= 0.3 is 0 Å². The highest BCUT2D eigenvalue weighted by molar-refractivity contribution is 6.00. The number of carbonyl (C=O) groups is 1.